The second-order valence-electron chi connectivity index (χ2n) is 6.16. The minimum absolute atomic E-state index is 0.126. The fourth-order valence-electron chi connectivity index (χ4n) is 2.59. The highest BCUT2D eigenvalue weighted by atomic mass is 32.2. The van der Waals surface area contributed by atoms with Gasteiger partial charge >= 0.3 is 0 Å². The van der Waals surface area contributed by atoms with E-state index in [4.69, 9.17) is 4.74 Å². The fraction of sp³-hybridized carbons (Fsp3) is 0.588. The molecule has 0 aromatic heterocycles. The van der Waals surface area contributed by atoms with Gasteiger partial charge in [-0.05, 0) is 51.0 Å². The van der Waals surface area contributed by atoms with Crippen molar-refractivity contribution in [3.05, 3.63) is 29.8 Å². The molecule has 1 fully saturated rings. The van der Waals surface area contributed by atoms with Gasteiger partial charge in [0.1, 0.15) is 0 Å². The Morgan fingerprint density at radius 3 is 2.38 bits per heavy atom. The highest BCUT2D eigenvalue weighted by Gasteiger charge is 2.25. The van der Waals surface area contributed by atoms with Gasteiger partial charge in [0.2, 0.25) is 10.0 Å². The van der Waals surface area contributed by atoms with E-state index in [2.05, 4.69) is 5.32 Å². The number of nitrogens with one attached hydrogen (secondary N) is 1. The molecule has 134 valence electrons. The maximum atomic E-state index is 12.6. The van der Waals surface area contributed by atoms with Gasteiger partial charge in [0.15, 0.2) is 0 Å². The summed E-state index contributed by atoms with van der Waals surface area (Å²) in [6.45, 7) is 5.88. The average molecular weight is 354 g/mol. The molecule has 1 aliphatic rings. The van der Waals surface area contributed by atoms with Crippen LogP contribution >= 0.6 is 0 Å². The molecule has 0 atom stereocenters. The Balaban J connectivity index is 1.95. The Morgan fingerprint density at radius 2 is 1.79 bits per heavy atom. The molecule has 24 heavy (non-hydrogen) atoms. The van der Waals surface area contributed by atoms with E-state index < -0.39 is 10.0 Å². The lowest BCUT2D eigenvalue weighted by molar-refractivity contribution is 0.0746. The zero-order valence-electron chi connectivity index (χ0n) is 14.3. The van der Waals surface area contributed by atoms with Crippen molar-refractivity contribution in [2.75, 3.05) is 26.2 Å². The predicted molar refractivity (Wildman–Crippen MR) is 92.5 cm³/mol. The number of ether oxygens (including phenoxy) is 1. The first-order valence-electron chi connectivity index (χ1n) is 8.41. The van der Waals surface area contributed by atoms with Gasteiger partial charge in [-0.15, -0.1) is 0 Å². The molecule has 6 nitrogen and oxygen atoms in total. The monoisotopic (exact) mass is 354 g/mol. The van der Waals surface area contributed by atoms with Crippen LogP contribution in [-0.4, -0.2) is 51.0 Å². The van der Waals surface area contributed by atoms with Gasteiger partial charge in [-0.1, -0.05) is 6.42 Å². The van der Waals surface area contributed by atoms with E-state index in [1.54, 1.807) is 12.1 Å². The molecule has 1 aromatic rings. The van der Waals surface area contributed by atoms with Crippen molar-refractivity contribution >= 4 is 15.9 Å². The third-order valence-electron chi connectivity index (χ3n) is 3.91. The van der Waals surface area contributed by atoms with E-state index >= 15 is 0 Å². The molecule has 1 saturated heterocycles. The number of benzene rings is 1. The van der Waals surface area contributed by atoms with Crippen LogP contribution in [-0.2, 0) is 14.8 Å². The van der Waals surface area contributed by atoms with Gasteiger partial charge in [0, 0.05) is 25.2 Å². The van der Waals surface area contributed by atoms with Crippen LogP contribution in [0.4, 0.5) is 0 Å². The Labute approximate surface area is 144 Å². The number of nitrogens with zero attached hydrogens (tertiary/aromatic N) is 1. The number of carbonyl (C=O) groups excluding carboxylic acids is 1. The standard InChI is InChI=1S/C17H26N2O4S/c1-14(2)23-13-10-18-17(20)15-6-8-16(9-7-15)24(21,22)19-11-4-3-5-12-19/h6-9,14H,3-5,10-13H2,1-2H3,(H,18,20). The minimum Gasteiger partial charge on any atom is -0.377 e. The van der Waals surface area contributed by atoms with Crippen LogP contribution in [0.3, 0.4) is 0 Å². The summed E-state index contributed by atoms with van der Waals surface area (Å²) in [6.07, 6.45) is 3.00. The van der Waals surface area contributed by atoms with E-state index in [9.17, 15) is 13.2 Å². The van der Waals surface area contributed by atoms with E-state index in [0.29, 0.717) is 31.8 Å². The van der Waals surface area contributed by atoms with Crippen molar-refractivity contribution in [2.24, 2.45) is 0 Å². The first-order chi connectivity index (χ1) is 11.4. The quantitative estimate of drug-likeness (QED) is 0.760. The highest BCUT2D eigenvalue weighted by molar-refractivity contribution is 7.89. The number of sulfonamides is 1. The molecular formula is C17H26N2O4S. The summed E-state index contributed by atoms with van der Waals surface area (Å²) in [6, 6.07) is 6.11. The zero-order valence-corrected chi connectivity index (χ0v) is 15.1. The van der Waals surface area contributed by atoms with Crippen molar-refractivity contribution in [3.8, 4) is 0 Å². The molecule has 1 N–H and O–H groups in total. The molecule has 0 bridgehead atoms. The third kappa shape index (κ3) is 5.03. The van der Waals surface area contributed by atoms with E-state index in [-0.39, 0.29) is 16.9 Å². The molecule has 2 rings (SSSR count). The lowest BCUT2D eigenvalue weighted by atomic mass is 10.2. The number of piperidine rings is 1. The van der Waals surface area contributed by atoms with Gasteiger partial charge in [0.25, 0.3) is 5.91 Å². The highest BCUT2D eigenvalue weighted by Crippen LogP contribution is 2.20. The van der Waals surface area contributed by atoms with Crippen molar-refractivity contribution in [1.29, 1.82) is 0 Å². The van der Waals surface area contributed by atoms with Crippen LogP contribution in [0.25, 0.3) is 0 Å². The molecule has 0 spiro atoms. The Kier molecular flexibility index (Phi) is 6.77. The Bertz CT molecular complexity index is 635. The van der Waals surface area contributed by atoms with Crippen LogP contribution in [0.15, 0.2) is 29.2 Å². The van der Waals surface area contributed by atoms with Crippen LogP contribution in [0, 0.1) is 0 Å². The molecule has 1 aromatic carbocycles. The van der Waals surface area contributed by atoms with Gasteiger partial charge in [-0.25, -0.2) is 8.42 Å². The zero-order chi connectivity index (χ0) is 17.6. The Hall–Kier alpha value is -1.44. The SMILES string of the molecule is CC(C)OCCNC(=O)c1ccc(S(=O)(=O)N2CCCCC2)cc1. The summed E-state index contributed by atoms with van der Waals surface area (Å²) in [7, 11) is -3.45. The normalized spacial score (nSPS) is 16.3. The number of hydrogen-bond acceptors (Lipinski definition) is 4. The molecule has 0 saturated carbocycles. The summed E-state index contributed by atoms with van der Waals surface area (Å²) in [5, 5.41) is 2.75. The van der Waals surface area contributed by atoms with Crippen LogP contribution < -0.4 is 5.32 Å². The summed E-state index contributed by atoms with van der Waals surface area (Å²) in [5.41, 5.74) is 0.442. The van der Waals surface area contributed by atoms with Crippen LogP contribution in [0.1, 0.15) is 43.5 Å². The predicted octanol–water partition coefficient (Wildman–Crippen LogP) is 2.02. The van der Waals surface area contributed by atoms with Gasteiger partial charge in [0.05, 0.1) is 17.6 Å². The summed E-state index contributed by atoms with van der Waals surface area (Å²) < 4.78 is 32.0. The molecule has 7 heteroatoms. The van der Waals surface area contributed by atoms with Crippen LogP contribution in [0.5, 0.6) is 0 Å². The average Bonchev–Trinajstić information content (AvgIpc) is 2.59. The fourth-order valence-corrected chi connectivity index (χ4v) is 4.11. The third-order valence-corrected chi connectivity index (χ3v) is 5.82. The number of rotatable bonds is 7. The molecule has 0 unspecified atom stereocenters. The van der Waals surface area contributed by atoms with E-state index in [1.807, 2.05) is 13.8 Å². The number of amides is 1. The maximum Gasteiger partial charge on any atom is 0.251 e. The summed E-state index contributed by atoms with van der Waals surface area (Å²) in [4.78, 5) is 12.3. The molecule has 1 heterocycles. The van der Waals surface area contributed by atoms with Gasteiger partial charge in [-0.2, -0.15) is 4.31 Å². The van der Waals surface area contributed by atoms with Crippen molar-refractivity contribution < 1.29 is 17.9 Å². The molecule has 0 aliphatic carbocycles. The van der Waals surface area contributed by atoms with Gasteiger partial charge < -0.3 is 10.1 Å². The maximum absolute atomic E-state index is 12.6. The van der Waals surface area contributed by atoms with Crippen molar-refractivity contribution in [2.45, 2.75) is 44.1 Å². The van der Waals surface area contributed by atoms with Crippen molar-refractivity contribution in [1.82, 2.24) is 9.62 Å². The molecule has 1 amide bonds. The lowest BCUT2D eigenvalue weighted by Crippen LogP contribution is -2.35. The number of hydrogen-bond donors (Lipinski definition) is 1. The van der Waals surface area contributed by atoms with Crippen molar-refractivity contribution in [3.63, 3.8) is 0 Å². The summed E-state index contributed by atoms with van der Waals surface area (Å²) in [5.74, 6) is -0.232. The lowest BCUT2D eigenvalue weighted by Gasteiger charge is -2.25. The minimum atomic E-state index is -3.45. The van der Waals surface area contributed by atoms with Crippen LogP contribution in [0.2, 0.25) is 0 Å². The van der Waals surface area contributed by atoms with E-state index in [1.165, 1.54) is 16.4 Å². The second kappa shape index (κ2) is 8.60. The molecule has 1 aliphatic heterocycles. The first kappa shape index (κ1) is 18.9. The summed E-state index contributed by atoms with van der Waals surface area (Å²) >= 11 is 0. The van der Waals surface area contributed by atoms with E-state index in [0.717, 1.165) is 19.3 Å². The molecular weight excluding hydrogens is 328 g/mol. The molecule has 0 radical (unpaired) electrons. The second-order valence-corrected chi connectivity index (χ2v) is 8.10. The number of carbonyl (C=O) groups is 1. The largest absolute Gasteiger partial charge is 0.377 e. The topological polar surface area (TPSA) is 75.7 Å². The van der Waals surface area contributed by atoms with Gasteiger partial charge in [-0.3, -0.25) is 4.79 Å². The first-order valence-corrected chi connectivity index (χ1v) is 9.85. The smallest absolute Gasteiger partial charge is 0.251 e. The Morgan fingerprint density at radius 1 is 1.17 bits per heavy atom.